The van der Waals surface area contributed by atoms with E-state index in [2.05, 4.69) is 44.5 Å². The Morgan fingerprint density at radius 1 is 0.757 bits per heavy atom. The molecular formula is C56H47F2N9O7. The Morgan fingerprint density at radius 2 is 1.43 bits per heavy atom. The van der Waals surface area contributed by atoms with Crippen molar-refractivity contribution in [3.05, 3.63) is 184 Å². The predicted molar refractivity (Wildman–Crippen MR) is 267 cm³/mol. The van der Waals surface area contributed by atoms with Crippen LogP contribution in [0.2, 0.25) is 0 Å². The number of benzene rings is 4. The number of pyridine rings is 1. The van der Waals surface area contributed by atoms with Gasteiger partial charge >= 0.3 is 6.03 Å². The highest BCUT2D eigenvalue weighted by atomic mass is 19.1. The molecule has 4 aromatic carbocycles. The van der Waals surface area contributed by atoms with Gasteiger partial charge in [-0.15, -0.1) is 0 Å². The summed E-state index contributed by atoms with van der Waals surface area (Å²) in [4.78, 5) is 61.2. The average Bonchev–Trinajstić information content (AvgIpc) is 3.99. The second kappa shape index (κ2) is 20.5. The molecule has 1 saturated heterocycles. The van der Waals surface area contributed by atoms with Crippen LogP contribution in [-0.4, -0.2) is 100 Å². The van der Waals surface area contributed by atoms with Crippen molar-refractivity contribution in [3.63, 3.8) is 0 Å². The summed E-state index contributed by atoms with van der Waals surface area (Å²) in [5.41, 5.74) is 5.01. The number of nitrogens with one attached hydrogen (secondary N) is 2. The number of anilines is 2. The topological polar surface area (TPSA) is 175 Å². The van der Waals surface area contributed by atoms with E-state index >= 15 is 0 Å². The Hall–Kier alpha value is -9.13. The molecule has 10 rings (SSSR count). The molecule has 372 valence electrons. The third-order valence-electron chi connectivity index (χ3n) is 12.9. The molecule has 7 aromatic rings. The predicted octanol–water partition coefficient (Wildman–Crippen LogP) is 5.93. The number of halogens is 2. The number of carbonyl (C=O) groups is 4. The molecule has 2 N–H and O–H groups in total. The van der Waals surface area contributed by atoms with E-state index in [1.807, 2.05) is 55.5 Å². The van der Waals surface area contributed by atoms with Gasteiger partial charge in [0, 0.05) is 50.0 Å². The summed E-state index contributed by atoms with van der Waals surface area (Å²) < 4.78 is 48.7. The van der Waals surface area contributed by atoms with Crippen LogP contribution in [0.1, 0.15) is 56.6 Å². The Balaban J connectivity index is 0.743. The van der Waals surface area contributed by atoms with Crippen molar-refractivity contribution in [2.24, 2.45) is 5.41 Å². The molecule has 3 aromatic heterocycles. The lowest BCUT2D eigenvalue weighted by molar-refractivity contribution is -0.144. The quantitative estimate of drug-likeness (QED) is 0.165. The first-order valence-electron chi connectivity index (χ1n) is 23.6. The van der Waals surface area contributed by atoms with Gasteiger partial charge in [0.15, 0.2) is 11.5 Å². The SMILES string of the molecule is CN1C(=O)C(NC(=O)c2nn(Cc3ccccc3)cc2F)COc2ccc(C#Cc3cccc(CC4OCC4(C)C#Cc4ccc5c(c4)N(C)C(=O)C(NC(=O)n4cc(Cc6ccc(F)cc6)cn4)CO5)n3)cc21. The number of hydrogen-bond donors (Lipinski definition) is 2. The minimum absolute atomic E-state index is 0.0982. The van der Waals surface area contributed by atoms with Crippen LogP contribution < -0.4 is 29.9 Å². The number of nitrogens with zero attached hydrogens (tertiary/aromatic N) is 7. The van der Waals surface area contributed by atoms with Crippen molar-refractivity contribution in [1.29, 1.82) is 0 Å². The van der Waals surface area contributed by atoms with Crippen molar-refractivity contribution >= 4 is 35.1 Å². The van der Waals surface area contributed by atoms with E-state index in [-0.39, 0.29) is 37.6 Å². The maximum absolute atomic E-state index is 14.9. The lowest BCUT2D eigenvalue weighted by atomic mass is 9.78. The minimum atomic E-state index is -1.12. The summed E-state index contributed by atoms with van der Waals surface area (Å²) in [6.45, 7) is 2.42. The van der Waals surface area contributed by atoms with Crippen molar-refractivity contribution in [3.8, 4) is 35.2 Å². The van der Waals surface area contributed by atoms with Crippen LogP contribution in [0.25, 0.3) is 0 Å². The van der Waals surface area contributed by atoms with Gasteiger partial charge in [-0.2, -0.15) is 14.9 Å². The number of amides is 4. The number of ether oxygens (including phenoxy) is 3. The van der Waals surface area contributed by atoms with E-state index in [1.165, 1.54) is 26.6 Å². The third-order valence-corrected chi connectivity index (χ3v) is 12.9. The molecule has 4 amide bonds. The van der Waals surface area contributed by atoms with Gasteiger partial charge in [0.2, 0.25) is 0 Å². The Bertz CT molecular complexity index is 3450. The van der Waals surface area contributed by atoms with Crippen LogP contribution in [-0.2, 0) is 33.7 Å². The van der Waals surface area contributed by atoms with Gasteiger partial charge in [-0.05, 0) is 90.2 Å². The van der Waals surface area contributed by atoms with Crippen LogP contribution in [0, 0.1) is 40.7 Å². The lowest BCUT2D eigenvalue weighted by Gasteiger charge is -2.43. The number of hydrogen-bond acceptors (Lipinski definition) is 10. The zero-order chi connectivity index (χ0) is 51.5. The van der Waals surface area contributed by atoms with Gasteiger partial charge < -0.3 is 34.6 Å². The molecule has 3 aliphatic rings. The van der Waals surface area contributed by atoms with E-state index in [1.54, 1.807) is 75.0 Å². The molecule has 4 unspecified atom stereocenters. The fraction of sp³-hybridized carbons (Fsp3) is 0.232. The van der Waals surface area contributed by atoms with Gasteiger partial charge in [-0.3, -0.25) is 19.1 Å². The molecule has 1 fully saturated rings. The zero-order valence-corrected chi connectivity index (χ0v) is 40.3. The van der Waals surface area contributed by atoms with Crippen LogP contribution in [0.15, 0.2) is 128 Å². The number of carbonyl (C=O) groups excluding carboxylic acids is 4. The molecule has 0 bridgehead atoms. The highest BCUT2D eigenvalue weighted by molar-refractivity contribution is 6.03. The molecule has 3 aliphatic heterocycles. The monoisotopic (exact) mass is 995 g/mol. The molecule has 74 heavy (non-hydrogen) atoms. The second-order valence-electron chi connectivity index (χ2n) is 18.4. The maximum Gasteiger partial charge on any atom is 0.342 e. The number of likely N-dealkylation sites (N-methyl/N-ethyl adjacent to an activating group) is 2. The third kappa shape index (κ3) is 10.6. The van der Waals surface area contributed by atoms with Crippen molar-refractivity contribution < 1.29 is 42.2 Å². The summed E-state index contributed by atoms with van der Waals surface area (Å²) in [6.07, 6.45) is 4.91. The lowest BCUT2D eigenvalue weighted by Crippen LogP contribution is -2.50. The first kappa shape index (κ1) is 48.5. The van der Waals surface area contributed by atoms with E-state index in [0.717, 1.165) is 33.3 Å². The van der Waals surface area contributed by atoms with Gasteiger partial charge in [-0.25, -0.2) is 18.6 Å². The molecule has 0 spiro atoms. The summed E-state index contributed by atoms with van der Waals surface area (Å²) >= 11 is 0. The molecule has 6 heterocycles. The first-order valence-corrected chi connectivity index (χ1v) is 23.6. The number of rotatable bonds is 9. The summed E-state index contributed by atoms with van der Waals surface area (Å²) in [5.74, 6) is 11.0. The summed E-state index contributed by atoms with van der Waals surface area (Å²) in [7, 11) is 3.18. The fourth-order valence-electron chi connectivity index (χ4n) is 8.66. The van der Waals surface area contributed by atoms with E-state index in [9.17, 15) is 28.0 Å². The minimum Gasteiger partial charge on any atom is -0.489 e. The van der Waals surface area contributed by atoms with Crippen molar-refractivity contribution in [2.75, 3.05) is 43.7 Å². The van der Waals surface area contributed by atoms with Crippen LogP contribution >= 0.6 is 0 Å². The van der Waals surface area contributed by atoms with Crippen LogP contribution in [0.4, 0.5) is 25.0 Å². The standard InChI is InChI=1S/C56H47F2N9O7/c1-56(23-22-37-16-21-49-47(26-37)65(3)54(70)45(33-73-49)62-55(71)67-30-39(28-59-67)24-35-12-17-40(57)18-13-35)34-74-50(56)27-42-11-7-10-41(60-42)19-14-36-15-20-48-46(25-36)64(2)53(69)44(32-72-48)61-52(68)51-43(58)31-66(63-51)29-38-8-5-4-6-9-38/h4-13,15-18,20-21,25-26,28,30-31,44-45,50H,24,27,29,32-34H2,1-3H3,(H,61,68)(H,62,71). The second-order valence-corrected chi connectivity index (χ2v) is 18.4. The van der Waals surface area contributed by atoms with Crippen LogP contribution in [0.5, 0.6) is 11.5 Å². The fourth-order valence-corrected chi connectivity index (χ4v) is 8.66. The van der Waals surface area contributed by atoms with E-state index in [0.29, 0.717) is 59.1 Å². The molecule has 0 saturated carbocycles. The Morgan fingerprint density at radius 3 is 2.11 bits per heavy atom. The van der Waals surface area contributed by atoms with Crippen molar-refractivity contribution in [1.82, 2.24) is 35.2 Å². The first-order chi connectivity index (χ1) is 35.7. The van der Waals surface area contributed by atoms with E-state index < -0.39 is 46.9 Å². The normalized spacial score (nSPS) is 18.9. The Kier molecular flexibility index (Phi) is 13.5. The van der Waals surface area contributed by atoms with Gasteiger partial charge in [0.25, 0.3) is 17.7 Å². The summed E-state index contributed by atoms with van der Waals surface area (Å²) in [6, 6.07) is 28.8. The van der Waals surface area contributed by atoms with Crippen LogP contribution in [0.3, 0.4) is 0 Å². The highest BCUT2D eigenvalue weighted by Crippen LogP contribution is 2.37. The zero-order valence-electron chi connectivity index (χ0n) is 40.3. The molecule has 16 nitrogen and oxygen atoms in total. The highest BCUT2D eigenvalue weighted by Gasteiger charge is 2.43. The maximum atomic E-state index is 14.9. The van der Waals surface area contributed by atoms with Gasteiger partial charge in [-0.1, -0.05) is 66.3 Å². The van der Waals surface area contributed by atoms with Crippen molar-refractivity contribution in [2.45, 2.75) is 44.5 Å². The molecular weight excluding hydrogens is 949 g/mol. The molecule has 18 heteroatoms. The largest absolute Gasteiger partial charge is 0.489 e. The number of fused-ring (bicyclic) bond motifs is 2. The molecule has 0 aliphatic carbocycles. The average molecular weight is 996 g/mol. The summed E-state index contributed by atoms with van der Waals surface area (Å²) in [5, 5.41) is 13.6. The van der Waals surface area contributed by atoms with Gasteiger partial charge in [0.05, 0.1) is 48.4 Å². The smallest absolute Gasteiger partial charge is 0.342 e. The molecule has 0 radical (unpaired) electrons. The van der Waals surface area contributed by atoms with Gasteiger partial charge in [0.1, 0.15) is 48.3 Å². The molecule has 4 atom stereocenters. The number of aromatic nitrogens is 5. The van der Waals surface area contributed by atoms with E-state index in [4.69, 9.17) is 19.2 Å². The Labute approximate surface area is 424 Å².